The van der Waals surface area contributed by atoms with Crippen LogP contribution in [0.5, 0.6) is 0 Å². The van der Waals surface area contributed by atoms with Crippen LogP contribution in [0.25, 0.3) is 0 Å². The van der Waals surface area contributed by atoms with Crippen LogP contribution >= 0.6 is 23.2 Å². The molecule has 0 heterocycles. The van der Waals surface area contributed by atoms with Crippen LogP contribution in [0.2, 0.25) is 0 Å². The number of hydrogen-bond acceptors (Lipinski definition) is 1. The number of quaternary nitrogens is 1. The summed E-state index contributed by atoms with van der Waals surface area (Å²) in [5, 5.41) is 2.99. The number of hydrogen-bond donors (Lipinski definition) is 2. The third kappa shape index (κ3) is 4.15. The summed E-state index contributed by atoms with van der Waals surface area (Å²) in [5.74, 6) is 0.267. The van der Waals surface area contributed by atoms with Gasteiger partial charge in [0.25, 0.3) is 0 Å². The van der Waals surface area contributed by atoms with Crippen LogP contribution in [0, 0.1) is 17.3 Å². The second-order valence-corrected chi connectivity index (χ2v) is 6.89. The van der Waals surface area contributed by atoms with E-state index in [1.165, 1.54) is 4.90 Å². The predicted octanol–water partition coefficient (Wildman–Crippen LogP) is 1.23. The highest BCUT2D eigenvalue weighted by atomic mass is 35.5. The normalized spacial score (nSPS) is 24.8. The van der Waals surface area contributed by atoms with Gasteiger partial charge in [0.05, 0.1) is 26.6 Å². The fourth-order valence-corrected chi connectivity index (χ4v) is 2.66. The maximum absolute atomic E-state index is 12.0. The Morgan fingerprint density at radius 3 is 2.50 bits per heavy atom. The van der Waals surface area contributed by atoms with E-state index >= 15 is 0 Å². The van der Waals surface area contributed by atoms with Gasteiger partial charge in [-0.05, 0) is 17.4 Å². The van der Waals surface area contributed by atoms with E-state index in [0.29, 0.717) is 0 Å². The molecule has 0 unspecified atom stereocenters. The first-order valence-electron chi connectivity index (χ1n) is 6.36. The molecule has 1 fully saturated rings. The second-order valence-electron chi connectivity index (χ2n) is 5.88. The van der Waals surface area contributed by atoms with Crippen molar-refractivity contribution in [1.82, 2.24) is 5.32 Å². The van der Waals surface area contributed by atoms with E-state index in [4.69, 9.17) is 23.2 Å². The summed E-state index contributed by atoms with van der Waals surface area (Å²) in [6.07, 6.45) is 2.77. The summed E-state index contributed by atoms with van der Waals surface area (Å²) < 4.78 is 0.250. The Hall–Kier alpha value is -0.250. The number of rotatable bonds is 6. The first-order chi connectivity index (χ1) is 8.26. The lowest BCUT2D eigenvalue weighted by Gasteiger charge is -2.08. The van der Waals surface area contributed by atoms with E-state index in [1.54, 1.807) is 6.08 Å². The molecule has 0 aromatic carbocycles. The number of carbonyl (C=O) groups is 1. The Kier molecular flexibility index (Phi) is 5.50. The lowest BCUT2D eigenvalue weighted by Crippen LogP contribution is -3.05. The SMILES string of the molecule is C[NH+](C)CCCNC(=O)[C@@H]1[C@H](C=C(Cl)Cl)C1(C)C. The minimum Gasteiger partial charge on any atom is -0.356 e. The standard InChI is InChI=1S/C13H22Cl2N2O/c1-13(2)9(8-10(14)15)11(13)12(18)16-6-5-7-17(3)4/h8-9,11H,5-7H2,1-4H3,(H,16,18)/p+1/t9-,11-/m0/s1. The smallest absolute Gasteiger partial charge is 0.224 e. The van der Waals surface area contributed by atoms with Crippen molar-refractivity contribution in [1.29, 1.82) is 0 Å². The zero-order valence-electron chi connectivity index (χ0n) is 11.5. The van der Waals surface area contributed by atoms with Gasteiger partial charge in [-0.15, -0.1) is 0 Å². The summed E-state index contributed by atoms with van der Waals surface area (Å²) in [6.45, 7) is 5.94. The zero-order valence-corrected chi connectivity index (χ0v) is 13.0. The molecular weight excluding hydrogens is 271 g/mol. The molecule has 18 heavy (non-hydrogen) atoms. The van der Waals surface area contributed by atoms with E-state index < -0.39 is 0 Å². The minimum atomic E-state index is -0.0358. The number of allylic oxidation sites excluding steroid dienone is 1. The number of halogens is 2. The molecular formula is C13H23Cl2N2O+. The summed E-state index contributed by atoms with van der Waals surface area (Å²) in [6, 6.07) is 0. The number of nitrogens with one attached hydrogen (secondary N) is 2. The molecule has 0 aromatic heterocycles. The monoisotopic (exact) mass is 293 g/mol. The molecule has 0 aromatic rings. The topological polar surface area (TPSA) is 33.5 Å². The maximum atomic E-state index is 12.0. The van der Waals surface area contributed by atoms with Gasteiger partial charge in [-0.25, -0.2) is 0 Å². The number of amides is 1. The molecule has 1 rings (SSSR count). The van der Waals surface area contributed by atoms with E-state index in [9.17, 15) is 4.79 Å². The quantitative estimate of drug-likeness (QED) is 0.710. The van der Waals surface area contributed by atoms with Crippen LogP contribution in [0.3, 0.4) is 0 Å². The van der Waals surface area contributed by atoms with Gasteiger partial charge in [-0.1, -0.05) is 37.0 Å². The van der Waals surface area contributed by atoms with Crippen molar-refractivity contribution in [3.63, 3.8) is 0 Å². The Balaban J connectivity index is 2.37. The highest BCUT2D eigenvalue weighted by Gasteiger charge is 2.60. The van der Waals surface area contributed by atoms with E-state index in [0.717, 1.165) is 19.5 Å². The van der Waals surface area contributed by atoms with Crippen LogP contribution in [-0.2, 0) is 4.79 Å². The average Bonchev–Trinajstić information content (AvgIpc) is 2.74. The lowest BCUT2D eigenvalue weighted by molar-refractivity contribution is -0.858. The van der Waals surface area contributed by atoms with Gasteiger partial charge >= 0.3 is 0 Å². The third-order valence-corrected chi connectivity index (χ3v) is 3.90. The molecule has 2 N–H and O–H groups in total. The van der Waals surface area contributed by atoms with Gasteiger partial charge < -0.3 is 10.2 Å². The van der Waals surface area contributed by atoms with Crippen LogP contribution in [-0.4, -0.2) is 33.1 Å². The van der Waals surface area contributed by atoms with Crippen molar-refractivity contribution in [2.75, 3.05) is 27.2 Å². The zero-order chi connectivity index (χ0) is 13.9. The van der Waals surface area contributed by atoms with Gasteiger partial charge in [0.2, 0.25) is 5.91 Å². The van der Waals surface area contributed by atoms with Gasteiger partial charge in [-0.3, -0.25) is 4.79 Å². The summed E-state index contributed by atoms with van der Waals surface area (Å²) in [4.78, 5) is 13.4. The van der Waals surface area contributed by atoms with E-state index in [2.05, 4.69) is 33.3 Å². The Morgan fingerprint density at radius 1 is 1.39 bits per heavy atom. The molecule has 104 valence electrons. The minimum absolute atomic E-state index is 0.00305. The van der Waals surface area contributed by atoms with Gasteiger partial charge in [0, 0.05) is 13.0 Å². The summed E-state index contributed by atoms with van der Waals surface area (Å²) in [7, 11) is 4.21. The van der Waals surface area contributed by atoms with Crippen molar-refractivity contribution in [3.8, 4) is 0 Å². The number of carbonyl (C=O) groups excluding carboxylic acids is 1. The van der Waals surface area contributed by atoms with Crippen LogP contribution in [0.4, 0.5) is 0 Å². The van der Waals surface area contributed by atoms with Crippen molar-refractivity contribution in [2.45, 2.75) is 20.3 Å². The first kappa shape index (κ1) is 15.8. The van der Waals surface area contributed by atoms with Crippen LogP contribution in [0.15, 0.2) is 10.6 Å². The Labute approximate surface area is 120 Å². The van der Waals surface area contributed by atoms with Crippen molar-refractivity contribution >= 4 is 29.1 Å². The highest BCUT2D eigenvalue weighted by molar-refractivity contribution is 6.55. The lowest BCUT2D eigenvalue weighted by atomic mass is 10.1. The summed E-state index contributed by atoms with van der Waals surface area (Å²) in [5.41, 5.74) is -0.0358. The Bertz CT molecular complexity index is 336. The fraction of sp³-hybridized carbons (Fsp3) is 0.769. The largest absolute Gasteiger partial charge is 0.356 e. The highest BCUT2D eigenvalue weighted by Crippen LogP contribution is 2.59. The molecule has 0 saturated heterocycles. The molecule has 1 amide bonds. The van der Waals surface area contributed by atoms with E-state index in [1.807, 2.05) is 0 Å². The fourth-order valence-electron chi connectivity index (χ4n) is 2.39. The predicted molar refractivity (Wildman–Crippen MR) is 75.9 cm³/mol. The molecule has 5 heteroatoms. The van der Waals surface area contributed by atoms with Crippen LogP contribution < -0.4 is 10.2 Å². The van der Waals surface area contributed by atoms with Gasteiger partial charge in [-0.2, -0.15) is 0 Å². The molecule has 1 aliphatic rings. The third-order valence-electron chi connectivity index (χ3n) is 3.65. The van der Waals surface area contributed by atoms with Crippen molar-refractivity contribution < 1.29 is 9.69 Å². The molecule has 0 spiro atoms. The van der Waals surface area contributed by atoms with E-state index in [-0.39, 0.29) is 27.6 Å². The molecule has 2 atom stereocenters. The molecule has 0 radical (unpaired) electrons. The van der Waals surface area contributed by atoms with Crippen molar-refractivity contribution in [2.24, 2.45) is 17.3 Å². The van der Waals surface area contributed by atoms with Crippen LogP contribution in [0.1, 0.15) is 20.3 Å². The molecule has 0 aliphatic heterocycles. The maximum Gasteiger partial charge on any atom is 0.224 e. The van der Waals surface area contributed by atoms with Gasteiger partial charge in [0.15, 0.2) is 0 Å². The first-order valence-corrected chi connectivity index (χ1v) is 7.12. The molecule has 1 saturated carbocycles. The van der Waals surface area contributed by atoms with Crippen molar-refractivity contribution in [3.05, 3.63) is 10.6 Å². The molecule has 1 aliphatic carbocycles. The molecule has 3 nitrogen and oxygen atoms in total. The second kappa shape index (κ2) is 6.27. The average molecular weight is 294 g/mol. The Morgan fingerprint density at radius 2 is 2.00 bits per heavy atom. The van der Waals surface area contributed by atoms with Gasteiger partial charge in [0.1, 0.15) is 4.49 Å². The molecule has 0 bridgehead atoms. The summed E-state index contributed by atoms with van der Waals surface area (Å²) >= 11 is 11.3.